The number of amides is 2. The van der Waals surface area contributed by atoms with Crippen molar-refractivity contribution in [3.8, 4) is 0 Å². The van der Waals surface area contributed by atoms with E-state index in [1.807, 2.05) is 24.3 Å². The molecule has 1 aromatic heterocycles. The second kappa shape index (κ2) is 7.59. The molecule has 0 radical (unpaired) electrons. The summed E-state index contributed by atoms with van der Waals surface area (Å²) in [4.78, 5) is 30.1. The van der Waals surface area contributed by atoms with E-state index >= 15 is 0 Å². The summed E-state index contributed by atoms with van der Waals surface area (Å²) in [5.41, 5.74) is 1.74. The van der Waals surface area contributed by atoms with Crippen molar-refractivity contribution in [1.29, 1.82) is 0 Å². The second-order valence-electron chi connectivity index (χ2n) is 5.72. The van der Waals surface area contributed by atoms with Gasteiger partial charge in [-0.2, -0.15) is 0 Å². The molecule has 0 bridgehead atoms. The molecule has 2 N–H and O–H groups in total. The van der Waals surface area contributed by atoms with Gasteiger partial charge in [-0.1, -0.05) is 6.07 Å². The zero-order chi connectivity index (χ0) is 16.8. The summed E-state index contributed by atoms with van der Waals surface area (Å²) >= 11 is 0. The maximum atomic E-state index is 11.9. The van der Waals surface area contributed by atoms with Crippen LogP contribution in [0.15, 0.2) is 48.7 Å². The Morgan fingerprint density at radius 1 is 0.875 bits per heavy atom. The number of rotatable bonds is 3. The SMILES string of the molecule is O=C(Nc1ccc(N2CCCCC2)cc1)C(=O)Nc1ccccn1. The highest BCUT2D eigenvalue weighted by molar-refractivity contribution is 6.43. The topological polar surface area (TPSA) is 74.3 Å². The van der Waals surface area contributed by atoms with E-state index in [2.05, 4.69) is 20.5 Å². The summed E-state index contributed by atoms with van der Waals surface area (Å²) in [5, 5.41) is 5.05. The van der Waals surface area contributed by atoms with Crippen molar-refractivity contribution in [2.75, 3.05) is 28.6 Å². The first-order valence-corrected chi connectivity index (χ1v) is 8.11. The van der Waals surface area contributed by atoms with Gasteiger partial charge in [0.2, 0.25) is 0 Å². The largest absolute Gasteiger partial charge is 0.372 e. The minimum Gasteiger partial charge on any atom is -0.372 e. The second-order valence-corrected chi connectivity index (χ2v) is 5.72. The Labute approximate surface area is 140 Å². The molecular formula is C18H20N4O2. The minimum absolute atomic E-state index is 0.345. The normalized spacial score (nSPS) is 14.1. The highest BCUT2D eigenvalue weighted by atomic mass is 16.2. The molecule has 1 fully saturated rings. The van der Waals surface area contributed by atoms with Crippen molar-refractivity contribution in [3.05, 3.63) is 48.7 Å². The van der Waals surface area contributed by atoms with Gasteiger partial charge < -0.3 is 15.5 Å². The van der Waals surface area contributed by atoms with Crippen molar-refractivity contribution in [2.24, 2.45) is 0 Å². The molecule has 2 heterocycles. The fourth-order valence-electron chi connectivity index (χ4n) is 2.71. The average molecular weight is 324 g/mol. The molecule has 1 saturated heterocycles. The molecular weight excluding hydrogens is 304 g/mol. The molecule has 1 aliphatic rings. The van der Waals surface area contributed by atoms with Gasteiger partial charge in [0, 0.05) is 30.7 Å². The Hall–Kier alpha value is -2.89. The van der Waals surface area contributed by atoms with E-state index < -0.39 is 11.8 Å². The third kappa shape index (κ3) is 4.10. The predicted octanol–water partition coefficient (Wildman–Crippen LogP) is 2.65. The molecule has 124 valence electrons. The van der Waals surface area contributed by atoms with Gasteiger partial charge >= 0.3 is 11.8 Å². The number of carbonyl (C=O) groups is 2. The van der Waals surface area contributed by atoms with Crippen molar-refractivity contribution in [2.45, 2.75) is 19.3 Å². The number of benzene rings is 1. The van der Waals surface area contributed by atoms with Crippen LogP contribution in [0.5, 0.6) is 0 Å². The number of aromatic nitrogens is 1. The first-order valence-electron chi connectivity index (χ1n) is 8.11. The van der Waals surface area contributed by atoms with Gasteiger partial charge in [-0.25, -0.2) is 4.98 Å². The molecule has 0 atom stereocenters. The number of anilines is 3. The number of hydrogen-bond acceptors (Lipinski definition) is 4. The molecule has 24 heavy (non-hydrogen) atoms. The lowest BCUT2D eigenvalue weighted by molar-refractivity contribution is -0.133. The third-order valence-corrected chi connectivity index (χ3v) is 3.96. The number of pyridine rings is 1. The van der Waals surface area contributed by atoms with Crippen LogP contribution in [-0.4, -0.2) is 29.9 Å². The summed E-state index contributed by atoms with van der Waals surface area (Å²) in [7, 11) is 0. The van der Waals surface area contributed by atoms with Crippen LogP contribution in [0.25, 0.3) is 0 Å². The zero-order valence-electron chi connectivity index (χ0n) is 13.4. The van der Waals surface area contributed by atoms with Crippen LogP contribution in [0.1, 0.15) is 19.3 Å². The maximum Gasteiger partial charge on any atom is 0.315 e. The standard InChI is InChI=1S/C18H20N4O2/c23-17(18(24)21-16-6-2-3-11-19-16)20-14-7-9-15(10-8-14)22-12-4-1-5-13-22/h2-3,6-11H,1,4-5,12-13H2,(H,20,23)(H,19,21,24). The van der Waals surface area contributed by atoms with Gasteiger partial charge in [-0.15, -0.1) is 0 Å². The van der Waals surface area contributed by atoms with Gasteiger partial charge in [0.25, 0.3) is 0 Å². The average Bonchev–Trinajstić information content (AvgIpc) is 2.64. The van der Waals surface area contributed by atoms with Crippen LogP contribution in [0.4, 0.5) is 17.2 Å². The molecule has 1 aliphatic heterocycles. The maximum absolute atomic E-state index is 11.9. The molecule has 6 heteroatoms. The van der Waals surface area contributed by atoms with E-state index in [0.29, 0.717) is 11.5 Å². The lowest BCUT2D eigenvalue weighted by Crippen LogP contribution is -2.30. The number of nitrogens with zero attached hydrogens (tertiary/aromatic N) is 2. The molecule has 0 spiro atoms. The Morgan fingerprint density at radius 3 is 2.25 bits per heavy atom. The first-order chi connectivity index (χ1) is 11.7. The van der Waals surface area contributed by atoms with Crippen molar-refractivity contribution in [1.82, 2.24) is 4.98 Å². The summed E-state index contributed by atoms with van der Waals surface area (Å²) in [6.07, 6.45) is 5.27. The Balaban J connectivity index is 1.57. The van der Waals surface area contributed by atoms with E-state index in [1.54, 1.807) is 24.4 Å². The van der Waals surface area contributed by atoms with E-state index in [9.17, 15) is 9.59 Å². The third-order valence-electron chi connectivity index (χ3n) is 3.96. The molecule has 2 aromatic rings. The fourth-order valence-corrected chi connectivity index (χ4v) is 2.71. The lowest BCUT2D eigenvalue weighted by Gasteiger charge is -2.28. The zero-order valence-corrected chi connectivity index (χ0v) is 13.4. The Kier molecular flexibility index (Phi) is 5.05. The predicted molar refractivity (Wildman–Crippen MR) is 94.0 cm³/mol. The smallest absolute Gasteiger partial charge is 0.315 e. The van der Waals surface area contributed by atoms with Crippen molar-refractivity contribution >= 4 is 29.0 Å². The molecule has 0 aliphatic carbocycles. The highest BCUT2D eigenvalue weighted by Crippen LogP contribution is 2.21. The van der Waals surface area contributed by atoms with E-state index in [0.717, 1.165) is 18.8 Å². The fraction of sp³-hybridized carbons (Fsp3) is 0.278. The number of carbonyl (C=O) groups excluding carboxylic acids is 2. The molecule has 6 nitrogen and oxygen atoms in total. The van der Waals surface area contributed by atoms with Gasteiger partial charge in [0.05, 0.1) is 0 Å². The molecule has 3 rings (SSSR count). The van der Waals surface area contributed by atoms with Crippen molar-refractivity contribution in [3.63, 3.8) is 0 Å². The monoisotopic (exact) mass is 324 g/mol. The lowest BCUT2D eigenvalue weighted by atomic mass is 10.1. The number of hydrogen-bond donors (Lipinski definition) is 2. The van der Waals surface area contributed by atoms with Crippen LogP contribution in [0.3, 0.4) is 0 Å². The van der Waals surface area contributed by atoms with Crippen LogP contribution < -0.4 is 15.5 Å². The molecule has 2 amide bonds. The van der Waals surface area contributed by atoms with Crippen LogP contribution in [-0.2, 0) is 9.59 Å². The summed E-state index contributed by atoms with van der Waals surface area (Å²) < 4.78 is 0. The van der Waals surface area contributed by atoms with Crippen LogP contribution in [0, 0.1) is 0 Å². The van der Waals surface area contributed by atoms with Crippen LogP contribution in [0.2, 0.25) is 0 Å². The summed E-state index contributed by atoms with van der Waals surface area (Å²) in [6.45, 7) is 2.14. The minimum atomic E-state index is -0.742. The summed E-state index contributed by atoms with van der Waals surface area (Å²) in [6, 6.07) is 12.7. The Bertz CT molecular complexity index is 695. The highest BCUT2D eigenvalue weighted by Gasteiger charge is 2.15. The van der Waals surface area contributed by atoms with Gasteiger partial charge in [-0.05, 0) is 55.7 Å². The van der Waals surface area contributed by atoms with E-state index in [4.69, 9.17) is 0 Å². The number of piperidine rings is 1. The van der Waals surface area contributed by atoms with E-state index in [-0.39, 0.29) is 0 Å². The Morgan fingerprint density at radius 2 is 1.58 bits per heavy atom. The molecule has 0 unspecified atom stereocenters. The molecule has 0 saturated carbocycles. The molecule has 1 aromatic carbocycles. The van der Waals surface area contributed by atoms with Crippen molar-refractivity contribution < 1.29 is 9.59 Å². The first kappa shape index (κ1) is 16.0. The number of nitrogens with one attached hydrogen (secondary N) is 2. The summed E-state index contributed by atoms with van der Waals surface area (Å²) in [5.74, 6) is -1.11. The van der Waals surface area contributed by atoms with Gasteiger partial charge in [0.15, 0.2) is 0 Å². The quantitative estimate of drug-likeness (QED) is 0.851. The van der Waals surface area contributed by atoms with Gasteiger partial charge in [0.1, 0.15) is 5.82 Å². The van der Waals surface area contributed by atoms with Crippen LogP contribution >= 0.6 is 0 Å². The van der Waals surface area contributed by atoms with E-state index in [1.165, 1.54) is 19.3 Å². The van der Waals surface area contributed by atoms with Gasteiger partial charge in [-0.3, -0.25) is 9.59 Å².